The van der Waals surface area contributed by atoms with E-state index in [9.17, 15) is 4.79 Å². The summed E-state index contributed by atoms with van der Waals surface area (Å²) >= 11 is 7.91. The summed E-state index contributed by atoms with van der Waals surface area (Å²) in [5.41, 5.74) is 6.65. The van der Waals surface area contributed by atoms with Gasteiger partial charge in [0.25, 0.3) is 0 Å². The van der Waals surface area contributed by atoms with E-state index in [1.54, 1.807) is 11.8 Å². The SMILES string of the molecule is CSCC[C@H](N)C(=O)NCC(C)(C)c1ccccc1Cl.Cl. The van der Waals surface area contributed by atoms with Gasteiger partial charge in [-0.2, -0.15) is 11.8 Å². The Balaban J connectivity index is 0.00000400. The number of benzene rings is 1. The molecule has 0 fully saturated rings. The minimum Gasteiger partial charge on any atom is -0.354 e. The predicted molar refractivity (Wildman–Crippen MR) is 95.7 cm³/mol. The zero-order valence-corrected chi connectivity index (χ0v) is 15.1. The molecule has 0 heterocycles. The normalized spacial score (nSPS) is 12.4. The van der Waals surface area contributed by atoms with Crippen molar-refractivity contribution in [3.63, 3.8) is 0 Å². The van der Waals surface area contributed by atoms with Crippen LogP contribution in [0, 0.1) is 0 Å². The Kier molecular flexibility index (Phi) is 9.38. The molecule has 0 aliphatic carbocycles. The molecule has 0 aliphatic rings. The second-order valence-electron chi connectivity index (χ2n) is 5.47. The van der Waals surface area contributed by atoms with Crippen LogP contribution in [0.5, 0.6) is 0 Å². The Hall–Kier alpha value is -0.420. The Morgan fingerprint density at radius 3 is 2.62 bits per heavy atom. The highest BCUT2D eigenvalue weighted by atomic mass is 35.5. The molecule has 6 heteroatoms. The molecule has 1 aromatic carbocycles. The number of amides is 1. The molecule has 1 atom stereocenters. The standard InChI is InChI=1S/C15H23ClN2OS.ClH/c1-15(2,11-6-4-5-7-12(11)16)10-18-14(19)13(17)8-9-20-3;/h4-7,13H,8-10,17H2,1-3H3,(H,18,19);1H/t13-;/m0./s1. The third kappa shape index (κ3) is 6.47. The second-order valence-corrected chi connectivity index (χ2v) is 6.86. The first-order valence-corrected chi connectivity index (χ1v) is 8.43. The number of carbonyl (C=O) groups is 1. The number of carbonyl (C=O) groups excluding carboxylic acids is 1. The van der Waals surface area contributed by atoms with Gasteiger partial charge in [-0.25, -0.2) is 0 Å². The Bertz CT molecular complexity index is 455. The largest absolute Gasteiger partial charge is 0.354 e. The lowest BCUT2D eigenvalue weighted by molar-refractivity contribution is -0.122. The van der Waals surface area contributed by atoms with E-state index in [2.05, 4.69) is 19.2 Å². The molecule has 0 aliphatic heterocycles. The van der Waals surface area contributed by atoms with Gasteiger partial charge in [-0.15, -0.1) is 12.4 Å². The average Bonchev–Trinajstić information content (AvgIpc) is 2.42. The summed E-state index contributed by atoms with van der Waals surface area (Å²) in [6, 6.07) is 7.27. The van der Waals surface area contributed by atoms with Crippen molar-refractivity contribution in [1.82, 2.24) is 5.32 Å². The number of thioether (sulfide) groups is 1. The van der Waals surface area contributed by atoms with Gasteiger partial charge in [0.1, 0.15) is 0 Å². The van der Waals surface area contributed by atoms with Crippen LogP contribution in [0.2, 0.25) is 5.02 Å². The zero-order chi connectivity index (χ0) is 15.2. The summed E-state index contributed by atoms with van der Waals surface area (Å²) in [7, 11) is 0. The van der Waals surface area contributed by atoms with Gasteiger partial charge in [-0.1, -0.05) is 43.6 Å². The second kappa shape index (κ2) is 9.57. The fourth-order valence-corrected chi connectivity index (χ4v) is 2.80. The maximum Gasteiger partial charge on any atom is 0.236 e. The highest BCUT2D eigenvalue weighted by molar-refractivity contribution is 7.98. The Labute approximate surface area is 142 Å². The van der Waals surface area contributed by atoms with E-state index >= 15 is 0 Å². The summed E-state index contributed by atoms with van der Waals surface area (Å²) < 4.78 is 0. The van der Waals surface area contributed by atoms with Gasteiger partial charge >= 0.3 is 0 Å². The third-order valence-electron chi connectivity index (χ3n) is 3.28. The van der Waals surface area contributed by atoms with Crippen molar-refractivity contribution in [2.75, 3.05) is 18.6 Å². The Morgan fingerprint density at radius 1 is 1.43 bits per heavy atom. The van der Waals surface area contributed by atoms with E-state index in [1.807, 2.05) is 30.5 Å². The van der Waals surface area contributed by atoms with Gasteiger partial charge < -0.3 is 11.1 Å². The average molecular weight is 351 g/mol. The van der Waals surface area contributed by atoms with Gasteiger partial charge in [-0.05, 0) is 30.1 Å². The summed E-state index contributed by atoms with van der Waals surface area (Å²) in [6.07, 6.45) is 2.70. The van der Waals surface area contributed by atoms with Crippen molar-refractivity contribution in [2.24, 2.45) is 5.73 Å². The number of hydrogen-bond donors (Lipinski definition) is 2. The van der Waals surface area contributed by atoms with E-state index < -0.39 is 6.04 Å². The van der Waals surface area contributed by atoms with Crippen LogP contribution in [0.15, 0.2) is 24.3 Å². The number of hydrogen-bond acceptors (Lipinski definition) is 3. The lowest BCUT2D eigenvalue weighted by Crippen LogP contribution is -2.45. The summed E-state index contributed by atoms with van der Waals surface area (Å²) in [5.74, 6) is 0.793. The first kappa shape index (κ1) is 20.6. The quantitative estimate of drug-likeness (QED) is 0.793. The fraction of sp³-hybridized carbons (Fsp3) is 0.533. The van der Waals surface area contributed by atoms with Gasteiger partial charge in [-0.3, -0.25) is 4.79 Å². The van der Waals surface area contributed by atoms with Crippen molar-refractivity contribution in [1.29, 1.82) is 0 Å². The van der Waals surface area contributed by atoms with E-state index in [1.165, 1.54) is 0 Å². The minimum absolute atomic E-state index is 0. The number of rotatable bonds is 7. The third-order valence-corrected chi connectivity index (χ3v) is 4.25. The van der Waals surface area contributed by atoms with Crippen molar-refractivity contribution in [3.05, 3.63) is 34.9 Å². The maximum absolute atomic E-state index is 11.9. The molecule has 1 rings (SSSR count). The number of nitrogens with one attached hydrogen (secondary N) is 1. The first-order chi connectivity index (χ1) is 9.38. The van der Waals surface area contributed by atoms with Crippen molar-refractivity contribution >= 4 is 41.7 Å². The van der Waals surface area contributed by atoms with Gasteiger partial charge in [0, 0.05) is 17.0 Å². The van der Waals surface area contributed by atoms with Crippen LogP contribution in [0.1, 0.15) is 25.8 Å². The van der Waals surface area contributed by atoms with Gasteiger partial charge in [0.05, 0.1) is 6.04 Å². The van der Waals surface area contributed by atoms with Crippen LogP contribution in [0.4, 0.5) is 0 Å². The molecule has 0 unspecified atom stereocenters. The monoisotopic (exact) mass is 350 g/mol. The van der Waals surface area contributed by atoms with Gasteiger partial charge in [0.2, 0.25) is 5.91 Å². The zero-order valence-electron chi connectivity index (χ0n) is 12.7. The van der Waals surface area contributed by atoms with Crippen molar-refractivity contribution in [3.8, 4) is 0 Å². The molecule has 120 valence electrons. The van der Waals surface area contributed by atoms with Crippen LogP contribution >= 0.6 is 35.8 Å². The molecule has 0 saturated carbocycles. The molecule has 0 bridgehead atoms. The molecule has 0 saturated heterocycles. The predicted octanol–water partition coefficient (Wildman–Crippen LogP) is 3.24. The molecular weight excluding hydrogens is 327 g/mol. The Morgan fingerprint density at radius 2 is 2.05 bits per heavy atom. The topological polar surface area (TPSA) is 55.1 Å². The molecule has 0 aromatic heterocycles. The van der Waals surface area contributed by atoms with Crippen LogP contribution < -0.4 is 11.1 Å². The van der Waals surface area contributed by atoms with Crippen molar-refractivity contribution in [2.45, 2.75) is 31.7 Å². The molecule has 3 nitrogen and oxygen atoms in total. The molecule has 1 aromatic rings. The molecule has 3 N–H and O–H groups in total. The molecule has 0 spiro atoms. The maximum atomic E-state index is 11.9. The van der Waals surface area contributed by atoms with E-state index in [0.717, 1.165) is 16.3 Å². The van der Waals surface area contributed by atoms with Crippen LogP contribution in [-0.2, 0) is 10.2 Å². The van der Waals surface area contributed by atoms with Crippen LogP contribution in [0.25, 0.3) is 0 Å². The van der Waals surface area contributed by atoms with Gasteiger partial charge in [0.15, 0.2) is 0 Å². The van der Waals surface area contributed by atoms with Crippen LogP contribution in [-0.4, -0.2) is 30.5 Å². The van der Waals surface area contributed by atoms with E-state index in [4.69, 9.17) is 17.3 Å². The van der Waals surface area contributed by atoms with E-state index in [-0.39, 0.29) is 23.7 Å². The summed E-state index contributed by atoms with van der Waals surface area (Å²) in [5, 5.41) is 3.65. The van der Waals surface area contributed by atoms with E-state index in [0.29, 0.717) is 13.0 Å². The lowest BCUT2D eigenvalue weighted by atomic mass is 9.84. The van der Waals surface area contributed by atoms with Crippen LogP contribution in [0.3, 0.4) is 0 Å². The van der Waals surface area contributed by atoms with Crippen molar-refractivity contribution < 1.29 is 4.79 Å². The number of halogens is 2. The summed E-state index contributed by atoms with van der Waals surface area (Å²) in [6.45, 7) is 4.63. The first-order valence-electron chi connectivity index (χ1n) is 6.65. The number of nitrogens with two attached hydrogens (primary N) is 1. The fourth-order valence-electron chi connectivity index (χ4n) is 1.92. The molecule has 1 amide bonds. The highest BCUT2D eigenvalue weighted by Crippen LogP contribution is 2.28. The minimum atomic E-state index is -0.440. The summed E-state index contributed by atoms with van der Waals surface area (Å²) in [4.78, 5) is 11.9. The molecule has 21 heavy (non-hydrogen) atoms. The lowest BCUT2D eigenvalue weighted by Gasteiger charge is -2.27. The highest BCUT2D eigenvalue weighted by Gasteiger charge is 2.24. The molecular formula is C15H24Cl2N2OS. The molecule has 0 radical (unpaired) electrons. The smallest absolute Gasteiger partial charge is 0.236 e.